The Hall–Kier alpha value is -1.08. The molecule has 0 spiro atoms. The molecule has 0 unspecified atom stereocenters. The molecule has 1 N–H and O–H groups in total. The maximum atomic E-state index is 11.9. The quantitative estimate of drug-likeness (QED) is 0.794. The summed E-state index contributed by atoms with van der Waals surface area (Å²) in [6, 6.07) is 7.05. The van der Waals surface area contributed by atoms with E-state index in [1.54, 1.807) is 18.2 Å². The van der Waals surface area contributed by atoms with E-state index in [1.165, 1.54) is 4.31 Å². The lowest BCUT2D eigenvalue weighted by Gasteiger charge is -2.23. The highest BCUT2D eigenvalue weighted by molar-refractivity contribution is 9.10. The van der Waals surface area contributed by atoms with Crippen LogP contribution >= 0.6 is 15.9 Å². The third kappa shape index (κ3) is 6.05. The molecular formula is C14H21BrN2O3S. The number of rotatable bonds is 7. The Morgan fingerprint density at radius 1 is 1.33 bits per heavy atom. The van der Waals surface area contributed by atoms with Gasteiger partial charge in [0, 0.05) is 24.0 Å². The maximum Gasteiger partial charge on any atom is 0.232 e. The highest BCUT2D eigenvalue weighted by Gasteiger charge is 2.20. The molecule has 0 radical (unpaired) electrons. The Morgan fingerprint density at radius 3 is 2.48 bits per heavy atom. The molecule has 0 fully saturated rings. The molecule has 7 heteroatoms. The van der Waals surface area contributed by atoms with Gasteiger partial charge in [-0.3, -0.25) is 9.10 Å². The number of carbonyl (C=O) groups is 1. The molecule has 1 aromatic rings. The first-order valence-corrected chi connectivity index (χ1v) is 9.35. The summed E-state index contributed by atoms with van der Waals surface area (Å²) in [5.41, 5.74) is 0.539. The first-order chi connectivity index (χ1) is 9.71. The number of nitrogens with zero attached hydrogens (tertiary/aromatic N) is 1. The minimum absolute atomic E-state index is 0.116. The Balaban J connectivity index is 2.78. The zero-order valence-electron chi connectivity index (χ0n) is 12.5. The fourth-order valence-electron chi connectivity index (χ4n) is 1.73. The molecule has 0 saturated heterocycles. The Bertz CT molecular complexity index is 588. The number of hydrogen-bond donors (Lipinski definition) is 1. The van der Waals surface area contributed by atoms with E-state index in [0.717, 1.165) is 6.26 Å². The van der Waals surface area contributed by atoms with Crippen LogP contribution in [0.3, 0.4) is 0 Å². The summed E-state index contributed by atoms with van der Waals surface area (Å²) >= 11 is 3.34. The molecule has 21 heavy (non-hydrogen) atoms. The summed E-state index contributed by atoms with van der Waals surface area (Å²) in [6.07, 6.45) is 1.26. The lowest BCUT2D eigenvalue weighted by molar-refractivity contribution is -0.121. The average molecular weight is 377 g/mol. The van der Waals surface area contributed by atoms with Crippen molar-refractivity contribution in [2.24, 2.45) is 5.92 Å². The van der Waals surface area contributed by atoms with Gasteiger partial charge in [-0.05, 0) is 34.0 Å². The van der Waals surface area contributed by atoms with Crippen LogP contribution in [0.1, 0.15) is 20.3 Å². The number of amides is 1. The molecule has 0 aliphatic rings. The van der Waals surface area contributed by atoms with E-state index in [2.05, 4.69) is 21.2 Å². The van der Waals surface area contributed by atoms with E-state index in [4.69, 9.17) is 0 Å². The summed E-state index contributed by atoms with van der Waals surface area (Å²) in [5, 5.41) is 2.78. The van der Waals surface area contributed by atoms with Crippen LogP contribution in [0.4, 0.5) is 5.69 Å². The number of carbonyl (C=O) groups excluding carboxylic acids is 1. The van der Waals surface area contributed by atoms with Crippen molar-refractivity contribution >= 4 is 37.5 Å². The fourth-order valence-corrected chi connectivity index (χ4v) is 3.28. The summed E-state index contributed by atoms with van der Waals surface area (Å²) in [7, 11) is -3.44. The van der Waals surface area contributed by atoms with Crippen LogP contribution in [-0.4, -0.2) is 33.7 Å². The third-order valence-electron chi connectivity index (χ3n) is 2.77. The highest BCUT2D eigenvalue weighted by atomic mass is 79.9. The van der Waals surface area contributed by atoms with Gasteiger partial charge in [0.2, 0.25) is 15.9 Å². The van der Waals surface area contributed by atoms with Crippen molar-refractivity contribution in [2.75, 3.05) is 23.7 Å². The van der Waals surface area contributed by atoms with Crippen molar-refractivity contribution < 1.29 is 13.2 Å². The molecule has 0 bridgehead atoms. The molecule has 0 saturated carbocycles. The van der Waals surface area contributed by atoms with Gasteiger partial charge in [-0.2, -0.15) is 0 Å². The Kier molecular flexibility index (Phi) is 6.67. The highest BCUT2D eigenvalue weighted by Crippen LogP contribution is 2.27. The maximum absolute atomic E-state index is 11.9. The normalized spacial score (nSPS) is 11.5. The number of halogens is 1. The molecule has 5 nitrogen and oxygen atoms in total. The molecular weight excluding hydrogens is 356 g/mol. The molecule has 1 rings (SSSR count). The Labute approximate surface area is 134 Å². The van der Waals surface area contributed by atoms with Crippen LogP contribution in [0.5, 0.6) is 0 Å². The Morgan fingerprint density at radius 2 is 1.95 bits per heavy atom. The molecule has 1 aromatic carbocycles. The number of nitrogens with one attached hydrogen (secondary N) is 1. The molecule has 0 atom stereocenters. The van der Waals surface area contributed by atoms with Crippen molar-refractivity contribution in [3.05, 3.63) is 28.7 Å². The van der Waals surface area contributed by atoms with E-state index in [0.29, 0.717) is 22.6 Å². The third-order valence-corrected chi connectivity index (χ3v) is 4.62. The smallest absolute Gasteiger partial charge is 0.232 e. The standard InChI is InChI=1S/C14H21BrN2O3S/c1-11(2)10-16-14(18)8-9-17(21(3,19)20)13-7-5-4-6-12(13)15/h4-7,11H,8-10H2,1-3H3,(H,16,18). The van der Waals surface area contributed by atoms with E-state index >= 15 is 0 Å². The van der Waals surface area contributed by atoms with Crippen LogP contribution in [-0.2, 0) is 14.8 Å². The molecule has 0 aromatic heterocycles. The van der Waals surface area contributed by atoms with Gasteiger partial charge in [-0.25, -0.2) is 8.42 Å². The zero-order valence-corrected chi connectivity index (χ0v) is 14.9. The van der Waals surface area contributed by atoms with Crippen molar-refractivity contribution in [3.63, 3.8) is 0 Å². The predicted octanol–water partition coefficient (Wildman–Crippen LogP) is 2.38. The average Bonchev–Trinajstić information content (AvgIpc) is 2.37. The summed E-state index contributed by atoms with van der Waals surface area (Å²) < 4.78 is 25.8. The van der Waals surface area contributed by atoms with Gasteiger partial charge in [0.25, 0.3) is 0 Å². The van der Waals surface area contributed by atoms with Crippen molar-refractivity contribution in [1.82, 2.24) is 5.32 Å². The van der Waals surface area contributed by atoms with Gasteiger partial charge in [-0.1, -0.05) is 26.0 Å². The molecule has 118 valence electrons. The summed E-state index contributed by atoms with van der Waals surface area (Å²) in [4.78, 5) is 11.8. The second-order valence-electron chi connectivity index (χ2n) is 5.23. The van der Waals surface area contributed by atoms with Gasteiger partial charge in [0.05, 0.1) is 11.9 Å². The van der Waals surface area contributed by atoms with Gasteiger partial charge < -0.3 is 5.32 Å². The van der Waals surface area contributed by atoms with E-state index in [9.17, 15) is 13.2 Å². The van der Waals surface area contributed by atoms with Crippen LogP contribution in [0.15, 0.2) is 28.7 Å². The van der Waals surface area contributed by atoms with Crippen LogP contribution < -0.4 is 9.62 Å². The van der Waals surface area contributed by atoms with Gasteiger partial charge >= 0.3 is 0 Å². The second kappa shape index (κ2) is 7.79. The number of anilines is 1. The molecule has 0 aliphatic heterocycles. The van der Waals surface area contributed by atoms with Gasteiger partial charge in [0.1, 0.15) is 0 Å². The lowest BCUT2D eigenvalue weighted by Crippen LogP contribution is -2.35. The van der Waals surface area contributed by atoms with E-state index in [-0.39, 0.29) is 18.9 Å². The summed E-state index contributed by atoms with van der Waals surface area (Å²) in [5.74, 6) is 0.215. The number of sulfonamides is 1. The SMILES string of the molecule is CC(C)CNC(=O)CCN(c1ccccc1Br)S(C)(=O)=O. The number of hydrogen-bond acceptors (Lipinski definition) is 3. The lowest BCUT2D eigenvalue weighted by atomic mass is 10.2. The van der Waals surface area contributed by atoms with Crippen LogP contribution in [0.25, 0.3) is 0 Å². The molecule has 1 amide bonds. The topological polar surface area (TPSA) is 66.5 Å². The molecule has 0 aliphatic carbocycles. The van der Waals surface area contributed by atoms with Gasteiger partial charge in [-0.15, -0.1) is 0 Å². The largest absolute Gasteiger partial charge is 0.356 e. The van der Waals surface area contributed by atoms with E-state index in [1.807, 2.05) is 19.9 Å². The van der Waals surface area contributed by atoms with Crippen molar-refractivity contribution in [3.8, 4) is 0 Å². The minimum atomic E-state index is -3.44. The summed E-state index contributed by atoms with van der Waals surface area (Å²) in [6.45, 7) is 4.71. The second-order valence-corrected chi connectivity index (χ2v) is 8.00. The predicted molar refractivity (Wildman–Crippen MR) is 88.8 cm³/mol. The van der Waals surface area contributed by atoms with Crippen molar-refractivity contribution in [2.45, 2.75) is 20.3 Å². The van der Waals surface area contributed by atoms with Gasteiger partial charge in [0.15, 0.2) is 0 Å². The first-order valence-electron chi connectivity index (χ1n) is 6.70. The van der Waals surface area contributed by atoms with Crippen molar-refractivity contribution in [1.29, 1.82) is 0 Å². The monoisotopic (exact) mass is 376 g/mol. The fraction of sp³-hybridized carbons (Fsp3) is 0.500. The number of para-hydroxylation sites is 1. The van der Waals surface area contributed by atoms with Crippen LogP contribution in [0, 0.1) is 5.92 Å². The minimum Gasteiger partial charge on any atom is -0.356 e. The van der Waals surface area contributed by atoms with E-state index < -0.39 is 10.0 Å². The molecule has 0 heterocycles. The van der Waals surface area contributed by atoms with Crippen LogP contribution in [0.2, 0.25) is 0 Å². The number of benzene rings is 1. The first kappa shape index (κ1) is 18.0. The zero-order chi connectivity index (χ0) is 16.0.